The van der Waals surface area contributed by atoms with Gasteiger partial charge in [0.2, 0.25) is 9.67 Å². The Hall–Kier alpha value is -0.960. The molecule has 1 aromatic carbocycles. The normalized spacial score (nSPS) is 11.2. The largest absolute Gasteiger partial charge is 0.439 e. The van der Waals surface area contributed by atoms with Crippen LogP contribution in [0.5, 0.6) is 11.6 Å². The lowest BCUT2D eigenvalue weighted by Crippen LogP contribution is -2.03. The maximum Gasteiger partial charge on any atom is 0.232 e. The van der Waals surface area contributed by atoms with Gasteiger partial charge in [-0.3, -0.25) is 0 Å². The summed E-state index contributed by atoms with van der Waals surface area (Å²) in [5.74, 6) is 1.07. The third-order valence-electron chi connectivity index (χ3n) is 1.98. The summed E-state index contributed by atoms with van der Waals surface area (Å²) in [6.07, 6.45) is 0. The van der Waals surface area contributed by atoms with Crippen molar-refractivity contribution < 1.29 is 4.74 Å². The van der Waals surface area contributed by atoms with Gasteiger partial charge in [-0.25, -0.2) is 4.98 Å². The average molecular weight is 289 g/mol. The van der Waals surface area contributed by atoms with E-state index in [-0.39, 0.29) is 0 Å². The van der Waals surface area contributed by atoms with E-state index in [2.05, 4.69) is 4.98 Å². The summed E-state index contributed by atoms with van der Waals surface area (Å²) in [5, 5.41) is 0. The average Bonchev–Trinajstić information content (AvgIpc) is 2.29. The molecule has 0 N–H and O–H groups in total. The third kappa shape index (κ3) is 3.50. The van der Waals surface area contributed by atoms with Crippen LogP contribution in [0.2, 0.25) is 0 Å². The van der Waals surface area contributed by atoms with Crippen molar-refractivity contribution in [1.29, 1.82) is 0 Å². The van der Waals surface area contributed by atoms with Crippen molar-refractivity contribution in [3.63, 3.8) is 0 Å². The lowest BCUT2D eigenvalue weighted by molar-refractivity contribution is 0.461. The van der Waals surface area contributed by atoms with Crippen LogP contribution in [0, 0.1) is 0 Å². The number of rotatable bonds is 2. The fourth-order valence-corrected chi connectivity index (χ4v) is 1.55. The molecule has 0 bridgehead atoms. The minimum absolute atomic E-state index is 0.330. The maximum atomic E-state index is 5.75. The molecule has 2 nitrogen and oxygen atoms in total. The molecule has 17 heavy (non-hydrogen) atoms. The van der Waals surface area contributed by atoms with E-state index in [4.69, 9.17) is 39.5 Å². The highest BCUT2D eigenvalue weighted by Gasteiger charge is 2.24. The lowest BCUT2D eigenvalue weighted by atomic mass is 10.3. The summed E-state index contributed by atoms with van der Waals surface area (Å²) in [6, 6.07) is 14.3. The predicted octanol–water partition coefficient (Wildman–Crippen LogP) is 4.70. The maximum absolute atomic E-state index is 5.75. The number of hydrogen-bond donors (Lipinski definition) is 0. The molecule has 2 aromatic rings. The van der Waals surface area contributed by atoms with E-state index < -0.39 is 3.79 Å². The highest BCUT2D eigenvalue weighted by molar-refractivity contribution is 6.66. The van der Waals surface area contributed by atoms with Crippen LogP contribution in [0.15, 0.2) is 48.5 Å². The van der Waals surface area contributed by atoms with Crippen LogP contribution in [0.4, 0.5) is 0 Å². The number of alkyl halides is 3. The van der Waals surface area contributed by atoms with Gasteiger partial charge in [0.25, 0.3) is 0 Å². The number of para-hydroxylation sites is 1. The minimum atomic E-state index is -1.55. The van der Waals surface area contributed by atoms with Gasteiger partial charge in [-0.1, -0.05) is 59.1 Å². The molecular weight excluding hydrogens is 280 g/mol. The van der Waals surface area contributed by atoms with E-state index in [1.54, 1.807) is 18.2 Å². The summed E-state index contributed by atoms with van der Waals surface area (Å²) < 4.78 is 3.98. The molecular formula is C12H8Cl3NO. The molecule has 0 saturated carbocycles. The van der Waals surface area contributed by atoms with Crippen LogP contribution in [-0.4, -0.2) is 4.98 Å². The molecule has 0 spiro atoms. The standard InChI is InChI=1S/C12H8Cl3NO/c13-12(14,15)10-7-4-8-11(16-10)17-9-5-2-1-3-6-9/h1-8H. The smallest absolute Gasteiger partial charge is 0.232 e. The number of ether oxygens (including phenoxy) is 1. The van der Waals surface area contributed by atoms with Crippen molar-refractivity contribution in [2.45, 2.75) is 3.79 Å². The quantitative estimate of drug-likeness (QED) is 0.747. The SMILES string of the molecule is ClC(Cl)(Cl)c1cccc(Oc2ccccc2)n1. The van der Waals surface area contributed by atoms with E-state index in [0.29, 0.717) is 17.3 Å². The molecule has 0 amide bonds. The molecule has 0 radical (unpaired) electrons. The first-order valence-corrected chi connectivity index (χ1v) is 5.96. The molecule has 1 heterocycles. The molecule has 0 saturated heterocycles. The third-order valence-corrected chi connectivity index (χ3v) is 2.56. The van der Waals surface area contributed by atoms with Crippen LogP contribution in [0.3, 0.4) is 0 Å². The Kier molecular flexibility index (Phi) is 3.77. The summed E-state index contributed by atoms with van der Waals surface area (Å²) in [4.78, 5) is 4.12. The van der Waals surface area contributed by atoms with Crippen LogP contribution < -0.4 is 4.74 Å². The highest BCUT2D eigenvalue weighted by atomic mass is 35.6. The fourth-order valence-electron chi connectivity index (χ4n) is 1.24. The lowest BCUT2D eigenvalue weighted by Gasteiger charge is -2.11. The molecule has 0 aliphatic carbocycles. The molecule has 5 heteroatoms. The van der Waals surface area contributed by atoms with Gasteiger partial charge in [0.05, 0.1) is 5.69 Å². The zero-order valence-corrected chi connectivity index (χ0v) is 10.9. The van der Waals surface area contributed by atoms with Crippen molar-refractivity contribution in [3.8, 4) is 11.6 Å². The van der Waals surface area contributed by atoms with Crippen molar-refractivity contribution in [2.75, 3.05) is 0 Å². The van der Waals surface area contributed by atoms with Crippen LogP contribution in [0.25, 0.3) is 0 Å². The van der Waals surface area contributed by atoms with E-state index in [0.717, 1.165) is 0 Å². The first kappa shape index (κ1) is 12.5. The van der Waals surface area contributed by atoms with Gasteiger partial charge in [-0.2, -0.15) is 0 Å². The Morgan fingerprint density at radius 1 is 0.882 bits per heavy atom. The first-order chi connectivity index (χ1) is 8.05. The molecule has 0 aliphatic rings. The Bertz CT molecular complexity index is 497. The number of benzene rings is 1. The van der Waals surface area contributed by atoms with Crippen molar-refractivity contribution in [1.82, 2.24) is 4.98 Å². The Balaban J connectivity index is 2.23. The number of hydrogen-bond acceptors (Lipinski definition) is 2. The van der Waals surface area contributed by atoms with Gasteiger partial charge in [0, 0.05) is 6.07 Å². The second kappa shape index (κ2) is 5.13. The number of pyridine rings is 1. The Morgan fingerprint density at radius 3 is 2.24 bits per heavy atom. The summed E-state index contributed by atoms with van der Waals surface area (Å²) in [7, 11) is 0. The molecule has 1 aromatic heterocycles. The second-order valence-electron chi connectivity index (χ2n) is 3.27. The van der Waals surface area contributed by atoms with E-state index in [1.165, 1.54) is 0 Å². The van der Waals surface area contributed by atoms with E-state index in [9.17, 15) is 0 Å². The van der Waals surface area contributed by atoms with Gasteiger partial charge in [0.1, 0.15) is 5.75 Å². The summed E-state index contributed by atoms with van der Waals surface area (Å²) in [6.45, 7) is 0. The fraction of sp³-hybridized carbons (Fsp3) is 0.0833. The summed E-state index contributed by atoms with van der Waals surface area (Å²) >= 11 is 17.2. The van der Waals surface area contributed by atoms with Crippen LogP contribution in [0.1, 0.15) is 5.69 Å². The van der Waals surface area contributed by atoms with Crippen molar-refractivity contribution in [2.24, 2.45) is 0 Å². The molecule has 0 unspecified atom stereocenters. The summed E-state index contributed by atoms with van der Waals surface area (Å²) in [5.41, 5.74) is 0.330. The minimum Gasteiger partial charge on any atom is -0.439 e. The zero-order chi connectivity index (χ0) is 12.3. The van der Waals surface area contributed by atoms with E-state index in [1.807, 2.05) is 30.3 Å². The number of aromatic nitrogens is 1. The number of nitrogens with zero attached hydrogens (tertiary/aromatic N) is 1. The van der Waals surface area contributed by atoms with Crippen molar-refractivity contribution >= 4 is 34.8 Å². The molecule has 0 fully saturated rings. The van der Waals surface area contributed by atoms with Gasteiger partial charge >= 0.3 is 0 Å². The van der Waals surface area contributed by atoms with Gasteiger partial charge in [0.15, 0.2) is 0 Å². The monoisotopic (exact) mass is 287 g/mol. The Labute approximate surface area is 114 Å². The topological polar surface area (TPSA) is 22.1 Å². The van der Waals surface area contributed by atoms with Gasteiger partial charge in [-0.15, -0.1) is 0 Å². The van der Waals surface area contributed by atoms with Gasteiger partial charge in [-0.05, 0) is 18.2 Å². The molecule has 2 rings (SSSR count). The van der Waals surface area contributed by atoms with Gasteiger partial charge < -0.3 is 4.74 Å². The molecule has 0 aliphatic heterocycles. The predicted molar refractivity (Wildman–Crippen MR) is 70.0 cm³/mol. The Morgan fingerprint density at radius 2 is 1.59 bits per heavy atom. The first-order valence-electron chi connectivity index (χ1n) is 4.83. The van der Waals surface area contributed by atoms with Crippen molar-refractivity contribution in [3.05, 3.63) is 54.2 Å². The van der Waals surface area contributed by atoms with Crippen LogP contribution in [-0.2, 0) is 3.79 Å². The molecule has 88 valence electrons. The second-order valence-corrected chi connectivity index (χ2v) is 5.56. The van der Waals surface area contributed by atoms with E-state index >= 15 is 0 Å². The zero-order valence-electron chi connectivity index (χ0n) is 8.61. The molecule has 0 atom stereocenters. The highest BCUT2D eigenvalue weighted by Crippen LogP contribution is 2.37. The number of halogens is 3. The van der Waals surface area contributed by atoms with Crippen LogP contribution >= 0.6 is 34.8 Å².